The Kier molecular flexibility index (Phi) is 3.03. The van der Waals surface area contributed by atoms with E-state index in [1.54, 1.807) is 0 Å². The van der Waals surface area contributed by atoms with Gasteiger partial charge in [-0.05, 0) is 37.6 Å². The second-order valence-corrected chi connectivity index (χ2v) is 4.89. The van der Waals surface area contributed by atoms with E-state index in [4.69, 9.17) is 10.5 Å². The van der Waals surface area contributed by atoms with Crippen LogP contribution in [-0.4, -0.2) is 4.98 Å². The van der Waals surface area contributed by atoms with Crippen molar-refractivity contribution in [3.05, 3.63) is 59.7 Å². The maximum Gasteiger partial charge on any atom is 0.222 e. The first-order chi connectivity index (χ1) is 9.65. The van der Waals surface area contributed by atoms with E-state index in [-0.39, 0.29) is 0 Å². The van der Waals surface area contributed by atoms with Crippen LogP contribution in [0.4, 0.5) is 5.69 Å². The van der Waals surface area contributed by atoms with Crippen molar-refractivity contribution in [2.75, 3.05) is 5.73 Å². The molecule has 2 aromatic carbocycles. The number of aromatic nitrogens is 1. The number of nitrogen functional groups attached to an aromatic ring is 1. The third-order valence-electron chi connectivity index (χ3n) is 3.36. The molecule has 0 unspecified atom stereocenters. The van der Waals surface area contributed by atoms with Crippen molar-refractivity contribution in [3.63, 3.8) is 0 Å². The predicted molar refractivity (Wildman–Crippen MR) is 82.1 cm³/mol. The van der Waals surface area contributed by atoms with Gasteiger partial charge in [0.15, 0.2) is 5.75 Å². The van der Waals surface area contributed by atoms with Gasteiger partial charge >= 0.3 is 0 Å². The van der Waals surface area contributed by atoms with Crippen LogP contribution in [0.2, 0.25) is 0 Å². The van der Waals surface area contributed by atoms with Gasteiger partial charge in [0.1, 0.15) is 0 Å². The molecule has 3 nitrogen and oxygen atoms in total. The summed E-state index contributed by atoms with van der Waals surface area (Å²) in [5.41, 5.74) is 9.60. The van der Waals surface area contributed by atoms with E-state index < -0.39 is 0 Å². The number of ether oxygens (including phenoxy) is 1. The predicted octanol–water partition coefficient (Wildman–Crippen LogP) is 4.23. The zero-order valence-corrected chi connectivity index (χ0v) is 11.6. The van der Waals surface area contributed by atoms with Crippen LogP contribution >= 0.6 is 0 Å². The summed E-state index contributed by atoms with van der Waals surface area (Å²) in [6, 6.07) is 15.8. The fourth-order valence-corrected chi connectivity index (χ4v) is 2.15. The molecule has 0 aliphatic heterocycles. The number of hydrogen-bond donors (Lipinski definition) is 1. The van der Waals surface area contributed by atoms with E-state index in [9.17, 15) is 0 Å². The van der Waals surface area contributed by atoms with Gasteiger partial charge in [0.25, 0.3) is 0 Å². The van der Waals surface area contributed by atoms with Crippen molar-refractivity contribution in [1.82, 2.24) is 4.98 Å². The number of rotatable bonds is 2. The summed E-state index contributed by atoms with van der Waals surface area (Å²) >= 11 is 0. The molecule has 2 N–H and O–H groups in total. The van der Waals surface area contributed by atoms with Crippen LogP contribution in [0.3, 0.4) is 0 Å². The van der Waals surface area contributed by atoms with Gasteiger partial charge in [0.2, 0.25) is 5.88 Å². The number of benzene rings is 2. The minimum absolute atomic E-state index is 0.598. The van der Waals surface area contributed by atoms with Crippen molar-refractivity contribution in [2.45, 2.75) is 13.8 Å². The van der Waals surface area contributed by atoms with Crippen LogP contribution in [0.1, 0.15) is 11.1 Å². The second kappa shape index (κ2) is 4.85. The van der Waals surface area contributed by atoms with E-state index in [2.05, 4.69) is 11.1 Å². The average Bonchev–Trinajstić information content (AvgIpc) is 2.44. The minimum atomic E-state index is 0.598. The molecular weight excluding hydrogens is 248 g/mol. The van der Waals surface area contributed by atoms with Gasteiger partial charge in [0, 0.05) is 10.9 Å². The molecule has 0 saturated heterocycles. The van der Waals surface area contributed by atoms with E-state index in [1.807, 2.05) is 56.3 Å². The van der Waals surface area contributed by atoms with Gasteiger partial charge in [0.05, 0.1) is 11.2 Å². The Morgan fingerprint density at radius 3 is 2.60 bits per heavy atom. The van der Waals surface area contributed by atoms with Crippen LogP contribution in [-0.2, 0) is 0 Å². The molecule has 0 radical (unpaired) electrons. The van der Waals surface area contributed by atoms with Gasteiger partial charge in [-0.1, -0.05) is 30.3 Å². The zero-order valence-electron chi connectivity index (χ0n) is 11.6. The quantitative estimate of drug-likeness (QED) is 0.705. The highest BCUT2D eigenvalue weighted by Gasteiger charge is 2.09. The van der Waals surface area contributed by atoms with E-state index in [0.29, 0.717) is 17.3 Å². The van der Waals surface area contributed by atoms with Crippen molar-refractivity contribution < 1.29 is 4.74 Å². The molecule has 3 aromatic rings. The van der Waals surface area contributed by atoms with E-state index in [1.165, 1.54) is 0 Å². The van der Waals surface area contributed by atoms with Gasteiger partial charge in [-0.2, -0.15) is 0 Å². The summed E-state index contributed by atoms with van der Waals surface area (Å²) in [7, 11) is 0. The van der Waals surface area contributed by atoms with Gasteiger partial charge in [-0.3, -0.25) is 0 Å². The van der Waals surface area contributed by atoms with Crippen molar-refractivity contribution in [3.8, 4) is 11.6 Å². The first kappa shape index (κ1) is 12.5. The van der Waals surface area contributed by atoms with E-state index in [0.717, 1.165) is 22.0 Å². The van der Waals surface area contributed by atoms with Crippen molar-refractivity contribution >= 4 is 16.6 Å². The van der Waals surface area contributed by atoms with Gasteiger partial charge < -0.3 is 10.5 Å². The lowest BCUT2D eigenvalue weighted by molar-refractivity contribution is 0.463. The smallest absolute Gasteiger partial charge is 0.222 e. The Morgan fingerprint density at radius 2 is 1.75 bits per heavy atom. The number of nitrogens with zero attached hydrogens (tertiary/aromatic N) is 1. The fourth-order valence-electron chi connectivity index (χ4n) is 2.15. The van der Waals surface area contributed by atoms with Gasteiger partial charge in [-0.25, -0.2) is 4.98 Å². The molecule has 0 saturated carbocycles. The molecule has 0 aliphatic carbocycles. The molecule has 3 rings (SSSR count). The normalized spacial score (nSPS) is 10.7. The minimum Gasteiger partial charge on any atom is -0.437 e. The molecular formula is C17H16N2O. The number of para-hydroxylation sites is 2. The highest BCUT2D eigenvalue weighted by molar-refractivity contribution is 5.80. The fraction of sp³-hybridized carbons (Fsp3) is 0.118. The highest BCUT2D eigenvalue weighted by atomic mass is 16.5. The Labute approximate surface area is 118 Å². The molecule has 1 heterocycles. The van der Waals surface area contributed by atoms with Crippen LogP contribution in [0.25, 0.3) is 10.9 Å². The lowest BCUT2D eigenvalue weighted by atomic mass is 10.1. The number of fused-ring (bicyclic) bond motifs is 1. The molecule has 1 aromatic heterocycles. The molecule has 0 aliphatic rings. The number of anilines is 1. The maximum atomic E-state index is 6.04. The topological polar surface area (TPSA) is 48.1 Å². The molecule has 0 amide bonds. The molecule has 3 heteroatoms. The summed E-state index contributed by atoms with van der Waals surface area (Å²) in [5, 5.41) is 1.11. The van der Waals surface area contributed by atoms with Crippen LogP contribution in [0.5, 0.6) is 11.6 Å². The van der Waals surface area contributed by atoms with Crippen LogP contribution in [0, 0.1) is 13.8 Å². The van der Waals surface area contributed by atoms with E-state index >= 15 is 0 Å². The average molecular weight is 264 g/mol. The number of aryl methyl sites for hydroxylation is 2. The molecule has 0 fully saturated rings. The molecule has 0 bridgehead atoms. The van der Waals surface area contributed by atoms with Crippen molar-refractivity contribution in [2.24, 2.45) is 0 Å². The van der Waals surface area contributed by atoms with Gasteiger partial charge in [-0.15, -0.1) is 0 Å². The molecule has 0 spiro atoms. The Hall–Kier alpha value is -2.55. The highest BCUT2D eigenvalue weighted by Crippen LogP contribution is 2.31. The largest absolute Gasteiger partial charge is 0.437 e. The SMILES string of the molecule is Cc1cc2ccccc2nc1Oc1cccc(C)c1N. The lowest BCUT2D eigenvalue weighted by Crippen LogP contribution is -1.97. The summed E-state index contributed by atoms with van der Waals surface area (Å²) in [6.45, 7) is 3.95. The third kappa shape index (κ3) is 2.18. The Morgan fingerprint density at radius 1 is 0.950 bits per heavy atom. The monoisotopic (exact) mass is 264 g/mol. The Balaban J connectivity index is 2.06. The standard InChI is InChI=1S/C17H16N2O/c1-11-6-5-9-15(16(11)18)20-17-12(2)10-13-7-3-4-8-14(13)19-17/h3-10H,18H2,1-2H3. The first-order valence-electron chi connectivity index (χ1n) is 6.54. The lowest BCUT2D eigenvalue weighted by Gasteiger charge is -2.12. The number of hydrogen-bond acceptors (Lipinski definition) is 3. The summed E-state index contributed by atoms with van der Waals surface area (Å²) in [6.07, 6.45) is 0. The first-order valence-corrected chi connectivity index (χ1v) is 6.54. The summed E-state index contributed by atoms with van der Waals surface area (Å²) in [5.74, 6) is 1.25. The number of nitrogens with two attached hydrogens (primary N) is 1. The zero-order chi connectivity index (χ0) is 14.1. The Bertz CT molecular complexity index is 781. The second-order valence-electron chi connectivity index (χ2n) is 4.89. The van der Waals surface area contributed by atoms with Crippen LogP contribution in [0.15, 0.2) is 48.5 Å². The van der Waals surface area contributed by atoms with Crippen molar-refractivity contribution in [1.29, 1.82) is 0 Å². The third-order valence-corrected chi connectivity index (χ3v) is 3.36. The molecule has 100 valence electrons. The number of pyridine rings is 1. The molecule has 20 heavy (non-hydrogen) atoms. The summed E-state index contributed by atoms with van der Waals surface area (Å²) < 4.78 is 5.89. The maximum absolute atomic E-state index is 6.04. The van der Waals surface area contributed by atoms with Crippen LogP contribution < -0.4 is 10.5 Å². The molecule has 0 atom stereocenters. The summed E-state index contributed by atoms with van der Waals surface area (Å²) in [4.78, 5) is 4.56.